The number of carboxylic acids is 1. The molecular formula is C17H30O4. The Kier molecular flexibility index (Phi) is 9.76. The van der Waals surface area contributed by atoms with E-state index in [4.69, 9.17) is 9.84 Å². The highest BCUT2D eigenvalue weighted by Crippen LogP contribution is 2.21. The van der Waals surface area contributed by atoms with Crippen LogP contribution in [0.4, 0.5) is 0 Å². The molecule has 0 aliphatic rings. The average Bonchev–Trinajstić information content (AvgIpc) is 2.36. The Labute approximate surface area is 128 Å². The zero-order valence-corrected chi connectivity index (χ0v) is 13.9. The minimum atomic E-state index is -1.02. The van der Waals surface area contributed by atoms with Crippen LogP contribution in [0.3, 0.4) is 0 Å². The van der Waals surface area contributed by atoms with Crippen molar-refractivity contribution >= 4 is 11.9 Å². The molecule has 0 aliphatic carbocycles. The number of hydrogen-bond donors (Lipinski definition) is 1. The topological polar surface area (TPSA) is 63.6 Å². The second-order valence-corrected chi connectivity index (χ2v) is 6.02. The van der Waals surface area contributed by atoms with Gasteiger partial charge in [-0.15, -0.1) is 0 Å². The fraction of sp³-hybridized carbons (Fsp3) is 0.765. The number of hydrogen-bond acceptors (Lipinski definition) is 3. The van der Waals surface area contributed by atoms with Gasteiger partial charge in [-0.05, 0) is 32.8 Å². The molecule has 0 aliphatic heterocycles. The van der Waals surface area contributed by atoms with Gasteiger partial charge in [0.25, 0.3) is 0 Å². The fourth-order valence-corrected chi connectivity index (χ4v) is 2.00. The maximum atomic E-state index is 11.8. The van der Waals surface area contributed by atoms with E-state index >= 15 is 0 Å². The van der Waals surface area contributed by atoms with E-state index in [0.29, 0.717) is 12.0 Å². The number of carboxylic acid groups (broad SMARTS) is 1. The first kappa shape index (κ1) is 19.7. The number of ether oxygens (including phenoxy) is 1. The Hall–Kier alpha value is -1.32. The summed E-state index contributed by atoms with van der Waals surface area (Å²) in [6.45, 7) is 7.28. The Morgan fingerprint density at radius 2 is 1.57 bits per heavy atom. The highest BCUT2D eigenvalue weighted by atomic mass is 16.6. The van der Waals surface area contributed by atoms with Gasteiger partial charge in [0.05, 0.1) is 0 Å². The van der Waals surface area contributed by atoms with E-state index in [2.05, 4.69) is 6.92 Å². The first-order valence-corrected chi connectivity index (χ1v) is 7.93. The van der Waals surface area contributed by atoms with Crippen molar-refractivity contribution in [1.29, 1.82) is 0 Å². The molecule has 0 amide bonds. The molecule has 0 rings (SSSR count). The van der Waals surface area contributed by atoms with Crippen LogP contribution in [0.15, 0.2) is 11.6 Å². The minimum absolute atomic E-state index is 0.258. The van der Waals surface area contributed by atoms with Gasteiger partial charge in [0.15, 0.2) is 0 Å². The largest absolute Gasteiger partial charge is 0.478 e. The van der Waals surface area contributed by atoms with Gasteiger partial charge in [-0.2, -0.15) is 0 Å². The number of rotatable bonds is 11. The third-order valence-electron chi connectivity index (χ3n) is 3.64. The van der Waals surface area contributed by atoms with E-state index in [1.807, 2.05) is 0 Å². The van der Waals surface area contributed by atoms with Gasteiger partial charge >= 0.3 is 11.9 Å². The zero-order valence-electron chi connectivity index (χ0n) is 13.9. The predicted molar refractivity (Wildman–Crippen MR) is 84.2 cm³/mol. The summed E-state index contributed by atoms with van der Waals surface area (Å²) < 4.78 is 5.38. The summed E-state index contributed by atoms with van der Waals surface area (Å²) >= 11 is 0. The van der Waals surface area contributed by atoms with Crippen LogP contribution in [0, 0.1) is 0 Å². The van der Waals surface area contributed by atoms with Crippen LogP contribution in [0.5, 0.6) is 0 Å². The lowest BCUT2D eigenvalue weighted by atomic mass is 9.99. The van der Waals surface area contributed by atoms with Crippen LogP contribution >= 0.6 is 0 Å². The molecule has 1 N–H and O–H groups in total. The molecule has 4 heteroatoms. The molecule has 0 spiro atoms. The summed E-state index contributed by atoms with van der Waals surface area (Å²) in [5.41, 5.74) is -0.334. The summed E-state index contributed by atoms with van der Waals surface area (Å²) in [6, 6.07) is 0. The fourth-order valence-electron chi connectivity index (χ4n) is 2.00. The first-order valence-electron chi connectivity index (χ1n) is 7.93. The van der Waals surface area contributed by atoms with E-state index in [1.165, 1.54) is 25.7 Å². The summed E-state index contributed by atoms with van der Waals surface area (Å²) in [4.78, 5) is 22.4. The van der Waals surface area contributed by atoms with Crippen LogP contribution in [0.1, 0.15) is 79.1 Å². The lowest BCUT2D eigenvalue weighted by molar-refractivity contribution is -0.153. The maximum Gasteiger partial charge on any atom is 0.328 e. The molecule has 0 atom stereocenters. The number of aliphatic carboxylic acids is 1. The lowest BCUT2D eigenvalue weighted by Crippen LogP contribution is -2.29. The standard InChI is InChI=1S/C17H30O4/c1-5-6-7-8-9-10-11-12-16(20)21-17(3,4)14(2)13-15(18)19/h13H,5-12H2,1-4H3,(H,18,19). The van der Waals surface area contributed by atoms with E-state index < -0.39 is 11.6 Å². The molecule has 0 bridgehead atoms. The van der Waals surface area contributed by atoms with Crippen LogP contribution < -0.4 is 0 Å². The molecule has 0 saturated carbocycles. The normalized spacial score (nSPS) is 12.3. The van der Waals surface area contributed by atoms with Gasteiger partial charge < -0.3 is 9.84 Å². The molecule has 0 unspecified atom stereocenters. The summed E-state index contributed by atoms with van der Waals surface area (Å²) in [6.07, 6.45) is 9.55. The molecule has 0 saturated heterocycles. The highest BCUT2D eigenvalue weighted by molar-refractivity contribution is 5.81. The van der Waals surface area contributed by atoms with E-state index in [9.17, 15) is 9.59 Å². The Bertz CT molecular complexity index is 356. The second kappa shape index (κ2) is 10.4. The molecule has 0 heterocycles. The lowest BCUT2D eigenvalue weighted by Gasteiger charge is -2.26. The van der Waals surface area contributed by atoms with Crippen molar-refractivity contribution in [2.75, 3.05) is 0 Å². The molecule has 0 radical (unpaired) electrons. The number of unbranched alkanes of at least 4 members (excludes halogenated alkanes) is 6. The highest BCUT2D eigenvalue weighted by Gasteiger charge is 2.25. The average molecular weight is 298 g/mol. The minimum Gasteiger partial charge on any atom is -0.478 e. The van der Waals surface area contributed by atoms with E-state index in [1.54, 1.807) is 20.8 Å². The third kappa shape index (κ3) is 10.1. The van der Waals surface area contributed by atoms with Crippen molar-refractivity contribution in [1.82, 2.24) is 0 Å². The number of carbonyl (C=O) groups is 2. The zero-order chi connectivity index (χ0) is 16.3. The van der Waals surface area contributed by atoms with E-state index in [0.717, 1.165) is 25.3 Å². The van der Waals surface area contributed by atoms with Gasteiger partial charge in [-0.3, -0.25) is 4.79 Å². The molecule has 0 aromatic rings. The predicted octanol–water partition coefficient (Wildman–Crippen LogP) is 4.48. The Morgan fingerprint density at radius 3 is 2.10 bits per heavy atom. The quantitative estimate of drug-likeness (QED) is 0.347. The third-order valence-corrected chi connectivity index (χ3v) is 3.64. The molecular weight excluding hydrogens is 268 g/mol. The molecule has 0 aromatic heterocycles. The number of esters is 1. The van der Waals surface area contributed by atoms with Crippen molar-refractivity contribution in [2.24, 2.45) is 0 Å². The van der Waals surface area contributed by atoms with Crippen LogP contribution in [-0.4, -0.2) is 22.6 Å². The first-order chi connectivity index (χ1) is 9.79. The molecule has 0 fully saturated rings. The maximum absolute atomic E-state index is 11.8. The van der Waals surface area contributed by atoms with Crippen molar-refractivity contribution in [3.8, 4) is 0 Å². The molecule has 0 aromatic carbocycles. The van der Waals surface area contributed by atoms with Gasteiger partial charge in [0.2, 0.25) is 0 Å². The van der Waals surface area contributed by atoms with Gasteiger partial charge in [0.1, 0.15) is 5.60 Å². The molecule has 21 heavy (non-hydrogen) atoms. The van der Waals surface area contributed by atoms with Crippen molar-refractivity contribution in [3.05, 3.63) is 11.6 Å². The van der Waals surface area contributed by atoms with Crippen LogP contribution in [0.25, 0.3) is 0 Å². The smallest absolute Gasteiger partial charge is 0.328 e. The summed E-state index contributed by atoms with van der Waals surface area (Å²) in [5.74, 6) is -1.28. The van der Waals surface area contributed by atoms with Crippen molar-refractivity contribution in [2.45, 2.75) is 84.7 Å². The van der Waals surface area contributed by atoms with Gasteiger partial charge in [0, 0.05) is 12.5 Å². The Morgan fingerprint density at radius 1 is 1.05 bits per heavy atom. The van der Waals surface area contributed by atoms with Crippen molar-refractivity contribution < 1.29 is 19.4 Å². The molecule has 122 valence electrons. The Balaban J connectivity index is 3.95. The monoisotopic (exact) mass is 298 g/mol. The van der Waals surface area contributed by atoms with Crippen LogP contribution in [-0.2, 0) is 14.3 Å². The van der Waals surface area contributed by atoms with E-state index in [-0.39, 0.29) is 5.97 Å². The number of carbonyl (C=O) groups excluding carboxylic acids is 1. The SMILES string of the molecule is CCCCCCCCCC(=O)OC(C)(C)C(C)=CC(=O)O. The molecule has 4 nitrogen and oxygen atoms in total. The summed E-state index contributed by atoms with van der Waals surface area (Å²) in [7, 11) is 0. The van der Waals surface area contributed by atoms with Crippen molar-refractivity contribution in [3.63, 3.8) is 0 Å². The van der Waals surface area contributed by atoms with Gasteiger partial charge in [-0.1, -0.05) is 45.4 Å². The second-order valence-electron chi connectivity index (χ2n) is 6.02. The van der Waals surface area contributed by atoms with Gasteiger partial charge in [-0.25, -0.2) is 4.79 Å². The summed E-state index contributed by atoms with van der Waals surface area (Å²) in [5, 5.41) is 8.73. The van der Waals surface area contributed by atoms with Crippen LogP contribution in [0.2, 0.25) is 0 Å².